The fraction of sp³-hybridized carbons (Fsp3) is 0.300. The van der Waals surface area contributed by atoms with Crippen molar-refractivity contribution >= 4 is 0 Å². The Hall–Kier alpha value is -1.74. The lowest BCUT2D eigenvalue weighted by Gasteiger charge is -2.11. The molecule has 0 spiro atoms. The molecule has 0 saturated carbocycles. The maximum Gasteiger partial charge on any atom is 0.573 e. The number of halogens is 3. The third-order valence-electron chi connectivity index (χ3n) is 1.86. The highest BCUT2D eigenvalue weighted by molar-refractivity contribution is 5.31. The van der Waals surface area contributed by atoms with Crippen LogP contribution in [0.25, 0.3) is 0 Å². The van der Waals surface area contributed by atoms with E-state index in [9.17, 15) is 13.2 Å². The van der Waals surface area contributed by atoms with Crippen LogP contribution in [0.5, 0.6) is 5.75 Å². The third-order valence-corrected chi connectivity index (χ3v) is 1.86. The molecule has 0 heterocycles. The van der Waals surface area contributed by atoms with Crippen molar-refractivity contribution in [3.8, 4) is 11.8 Å². The van der Waals surface area contributed by atoms with Gasteiger partial charge in [0.1, 0.15) is 11.8 Å². The van der Waals surface area contributed by atoms with Gasteiger partial charge in [-0.2, -0.15) is 5.26 Å². The molecule has 0 aliphatic rings. The third kappa shape index (κ3) is 3.44. The van der Waals surface area contributed by atoms with Crippen molar-refractivity contribution in [2.45, 2.75) is 12.4 Å². The molecule has 0 fully saturated rings. The Morgan fingerprint density at radius 2 is 1.88 bits per heavy atom. The minimum Gasteiger partial charge on any atom is -0.406 e. The minimum atomic E-state index is -4.70. The van der Waals surface area contributed by atoms with Gasteiger partial charge in [0, 0.05) is 0 Å². The highest BCUT2D eigenvalue weighted by atomic mass is 19.4. The van der Waals surface area contributed by atoms with Gasteiger partial charge in [0.2, 0.25) is 0 Å². The Morgan fingerprint density at radius 1 is 1.31 bits per heavy atom. The van der Waals surface area contributed by atoms with E-state index in [-0.39, 0.29) is 5.75 Å². The van der Waals surface area contributed by atoms with E-state index in [1.165, 1.54) is 24.3 Å². The first-order chi connectivity index (χ1) is 7.46. The molecule has 86 valence electrons. The molecular formula is C10H9F3N2O. The van der Waals surface area contributed by atoms with Gasteiger partial charge in [0.15, 0.2) is 0 Å². The van der Waals surface area contributed by atoms with Gasteiger partial charge in [-0.15, -0.1) is 13.2 Å². The Labute approximate surface area is 90.4 Å². The monoisotopic (exact) mass is 230 g/mol. The van der Waals surface area contributed by atoms with Crippen LogP contribution < -0.4 is 10.1 Å². The maximum atomic E-state index is 11.8. The molecular weight excluding hydrogens is 221 g/mol. The van der Waals surface area contributed by atoms with E-state index in [0.717, 1.165) is 0 Å². The van der Waals surface area contributed by atoms with Crippen LogP contribution in [-0.2, 0) is 0 Å². The first-order valence-electron chi connectivity index (χ1n) is 4.39. The molecule has 1 aromatic rings. The summed E-state index contributed by atoms with van der Waals surface area (Å²) in [5.74, 6) is -0.302. The van der Waals surface area contributed by atoms with Gasteiger partial charge in [-0.3, -0.25) is 0 Å². The molecule has 0 saturated heterocycles. The van der Waals surface area contributed by atoms with Crippen molar-refractivity contribution in [2.75, 3.05) is 7.05 Å². The molecule has 6 heteroatoms. The van der Waals surface area contributed by atoms with Gasteiger partial charge < -0.3 is 10.1 Å². The van der Waals surface area contributed by atoms with Gasteiger partial charge in [-0.25, -0.2) is 0 Å². The molecule has 0 aliphatic heterocycles. The summed E-state index contributed by atoms with van der Waals surface area (Å²) >= 11 is 0. The number of nitriles is 1. The first kappa shape index (κ1) is 12.3. The Morgan fingerprint density at radius 3 is 2.25 bits per heavy atom. The molecule has 1 aromatic carbocycles. The van der Waals surface area contributed by atoms with Crippen LogP contribution >= 0.6 is 0 Å². The summed E-state index contributed by atoms with van der Waals surface area (Å²) in [4.78, 5) is 0. The fourth-order valence-corrected chi connectivity index (χ4v) is 1.17. The van der Waals surface area contributed by atoms with Gasteiger partial charge in [0.05, 0.1) is 6.07 Å². The summed E-state index contributed by atoms with van der Waals surface area (Å²) in [6.45, 7) is 0. The lowest BCUT2D eigenvalue weighted by Crippen LogP contribution is -2.17. The molecule has 1 N–H and O–H groups in total. The van der Waals surface area contributed by atoms with Crippen molar-refractivity contribution < 1.29 is 17.9 Å². The van der Waals surface area contributed by atoms with E-state index in [1.807, 2.05) is 6.07 Å². The number of rotatable bonds is 3. The summed E-state index contributed by atoms with van der Waals surface area (Å²) in [5.41, 5.74) is 0.583. The summed E-state index contributed by atoms with van der Waals surface area (Å²) in [5, 5.41) is 11.4. The predicted molar refractivity (Wildman–Crippen MR) is 50.5 cm³/mol. The number of nitrogens with zero attached hydrogens (tertiary/aromatic N) is 1. The van der Waals surface area contributed by atoms with Gasteiger partial charge in [-0.05, 0) is 24.7 Å². The lowest BCUT2D eigenvalue weighted by molar-refractivity contribution is -0.274. The second-order valence-electron chi connectivity index (χ2n) is 2.97. The Bertz CT molecular complexity index is 381. The summed E-state index contributed by atoms with van der Waals surface area (Å²) in [6, 6.07) is 6.58. The molecule has 3 nitrogen and oxygen atoms in total. The van der Waals surface area contributed by atoms with Crippen molar-refractivity contribution in [3.05, 3.63) is 29.8 Å². The number of hydrogen-bond acceptors (Lipinski definition) is 3. The normalized spacial score (nSPS) is 12.9. The van der Waals surface area contributed by atoms with Crippen LogP contribution in [-0.4, -0.2) is 13.4 Å². The molecule has 0 aromatic heterocycles. The number of alkyl halides is 3. The molecule has 0 radical (unpaired) electrons. The topological polar surface area (TPSA) is 45.0 Å². The number of nitrogens with one attached hydrogen (secondary N) is 1. The lowest BCUT2D eigenvalue weighted by atomic mass is 10.1. The number of hydrogen-bond donors (Lipinski definition) is 1. The van der Waals surface area contributed by atoms with E-state index < -0.39 is 12.4 Å². The van der Waals surface area contributed by atoms with Crippen molar-refractivity contribution in [1.82, 2.24) is 5.32 Å². The van der Waals surface area contributed by atoms with Gasteiger partial charge in [-0.1, -0.05) is 12.1 Å². The zero-order valence-corrected chi connectivity index (χ0v) is 8.38. The van der Waals surface area contributed by atoms with Crippen LogP contribution in [0.3, 0.4) is 0 Å². The highest BCUT2D eigenvalue weighted by Gasteiger charge is 2.31. The standard InChI is InChI=1S/C10H9F3N2O/c1-15-9(6-14)7-2-4-8(5-3-7)16-10(11,12)13/h2-5,9,15H,1H3/t9-/m1/s1. The fourth-order valence-electron chi connectivity index (χ4n) is 1.17. The Balaban J connectivity index is 2.80. The summed E-state index contributed by atoms with van der Waals surface area (Å²) < 4.78 is 39.2. The van der Waals surface area contributed by atoms with E-state index in [2.05, 4.69) is 10.1 Å². The van der Waals surface area contributed by atoms with Crippen molar-refractivity contribution in [3.63, 3.8) is 0 Å². The predicted octanol–water partition coefficient (Wildman–Crippen LogP) is 2.37. The second-order valence-corrected chi connectivity index (χ2v) is 2.97. The average molecular weight is 230 g/mol. The van der Waals surface area contributed by atoms with Gasteiger partial charge >= 0.3 is 6.36 Å². The Kier molecular flexibility index (Phi) is 3.74. The minimum absolute atomic E-state index is 0.302. The van der Waals surface area contributed by atoms with Crippen molar-refractivity contribution in [2.24, 2.45) is 0 Å². The largest absolute Gasteiger partial charge is 0.573 e. The van der Waals surface area contributed by atoms with Crippen LogP contribution in [0.2, 0.25) is 0 Å². The van der Waals surface area contributed by atoms with Crippen LogP contribution in [0.4, 0.5) is 13.2 Å². The SMILES string of the molecule is CN[C@H](C#N)c1ccc(OC(F)(F)F)cc1. The molecule has 16 heavy (non-hydrogen) atoms. The zero-order chi connectivity index (χ0) is 12.2. The average Bonchev–Trinajstić information content (AvgIpc) is 2.20. The molecule has 1 rings (SSSR count). The van der Waals surface area contributed by atoms with Crippen LogP contribution in [0.15, 0.2) is 24.3 Å². The van der Waals surface area contributed by atoms with Crippen LogP contribution in [0.1, 0.15) is 11.6 Å². The van der Waals surface area contributed by atoms with Crippen LogP contribution in [0, 0.1) is 11.3 Å². The van der Waals surface area contributed by atoms with Gasteiger partial charge in [0.25, 0.3) is 0 Å². The summed E-state index contributed by atoms with van der Waals surface area (Å²) in [7, 11) is 1.59. The highest BCUT2D eigenvalue weighted by Crippen LogP contribution is 2.24. The van der Waals surface area contributed by atoms with E-state index >= 15 is 0 Å². The van der Waals surface area contributed by atoms with E-state index in [0.29, 0.717) is 5.56 Å². The number of ether oxygens (including phenoxy) is 1. The quantitative estimate of drug-likeness (QED) is 0.866. The molecule has 0 aliphatic carbocycles. The first-order valence-corrected chi connectivity index (χ1v) is 4.39. The van der Waals surface area contributed by atoms with E-state index in [1.54, 1.807) is 7.05 Å². The molecule has 1 atom stereocenters. The van der Waals surface area contributed by atoms with E-state index in [4.69, 9.17) is 5.26 Å². The zero-order valence-electron chi connectivity index (χ0n) is 8.38. The molecule has 0 amide bonds. The number of benzene rings is 1. The molecule has 0 bridgehead atoms. The van der Waals surface area contributed by atoms with Crippen molar-refractivity contribution in [1.29, 1.82) is 5.26 Å². The second kappa shape index (κ2) is 4.86. The molecule has 0 unspecified atom stereocenters. The summed E-state index contributed by atoms with van der Waals surface area (Å²) in [6.07, 6.45) is -4.70. The maximum absolute atomic E-state index is 11.8. The smallest absolute Gasteiger partial charge is 0.406 e.